The lowest BCUT2D eigenvalue weighted by molar-refractivity contribution is 0.112. The zero-order chi connectivity index (χ0) is 31.9. The van der Waals surface area contributed by atoms with Gasteiger partial charge in [-0.3, -0.25) is 4.79 Å². The minimum Gasteiger partial charge on any atom is -0.493 e. The number of nitrogens with two attached hydrogens (primary N) is 1. The number of hydrogen-bond acceptors (Lipinski definition) is 8. The van der Waals surface area contributed by atoms with Gasteiger partial charge in [-0.25, -0.2) is 4.98 Å². The normalized spacial score (nSPS) is 10.2. The predicted octanol–water partition coefficient (Wildman–Crippen LogP) is 6.58. The third-order valence-electron chi connectivity index (χ3n) is 6.69. The van der Waals surface area contributed by atoms with Gasteiger partial charge in [0.2, 0.25) is 11.7 Å². The molecule has 0 aliphatic heterocycles. The number of benzene rings is 4. The van der Waals surface area contributed by atoms with Crippen LogP contribution in [0.1, 0.15) is 29.3 Å². The Labute approximate surface area is 260 Å². The number of aryl methyl sites for hydroxylation is 1. The first-order chi connectivity index (χ1) is 21.4. The first-order valence-electron chi connectivity index (χ1n) is 14.4. The second-order valence-electron chi connectivity index (χ2n) is 9.78. The molecule has 1 heterocycles. The highest BCUT2D eigenvalue weighted by molar-refractivity contribution is 5.87. The highest BCUT2D eigenvalue weighted by Gasteiger charge is 2.15. The molecule has 0 aliphatic carbocycles. The van der Waals surface area contributed by atoms with E-state index >= 15 is 0 Å². The lowest BCUT2D eigenvalue weighted by atomic mass is 10.0. The standard InChI is InChI=1S/C18H19N3O4.C14H15N.C3H9N/c1-21-14-7-11(10-22)5-6-13(14)20-18(21)19-12-8-15(23-2)17(25-4)16(9-12)24-3;1-15-11-12-7-9-14(10-8-12)13-5-3-2-4-6-13;1-2-3-4/h5-10H,1-4H3,(H,19,20);2-10,15H,11H2,1H3;2-4H2,1H3. The average Bonchev–Trinajstić information content (AvgIpc) is 3.39. The number of anilines is 2. The van der Waals surface area contributed by atoms with Crippen molar-refractivity contribution in [1.82, 2.24) is 14.9 Å². The van der Waals surface area contributed by atoms with Crippen molar-refractivity contribution in [3.05, 3.63) is 96.1 Å². The Morgan fingerprint density at radius 3 is 2.00 bits per heavy atom. The molecule has 0 spiro atoms. The van der Waals surface area contributed by atoms with Crippen LogP contribution in [0.3, 0.4) is 0 Å². The number of aromatic nitrogens is 2. The van der Waals surface area contributed by atoms with Crippen molar-refractivity contribution in [2.24, 2.45) is 12.8 Å². The molecular weight excluding hydrogens is 554 g/mol. The number of nitrogens with zero attached hydrogens (tertiary/aromatic N) is 2. The Kier molecular flexibility index (Phi) is 13.2. The third kappa shape index (κ3) is 8.82. The average molecular weight is 598 g/mol. The second-order valence-corrected chi connectivity index (χ2v) is 9.78. The van der Waals surface area contributed by atoms with E-state index in [9.17, 15) is 4.79 Å². The molecule has 0 saturated heterocycles. The van der Waals surface area contributed by atoms with Crippen molar-refractivity contribution in [2.45, 2.75) is 19.9 Å². The molecule has 1 aromatic heterocycles. The van der Waals surface area contributed by atoms with Crippen molar-refractivity contribution < 1.29 is 19.0 Å². The lowest BCUT2D eigenvalue weighted by Gasteiger charge is -2.15. The number of imidazole rings is 1. The topological polar surface area (TPSA) is 113 Å². The maximum Gasteiger partial charge on any atom is 0.208 e. The van der Waals surface area contributed by atoms with Gasteiger partial charge in [-0.2, -0.15) is 0 Å². The fourth-order valence-corrected chi connectivity index (χ4v) is 4.32. The lowest BCUT2D eigenvalue weighted by Crippen LogP contribution is -2.04. The quantitative estimate of drug-likeness (QED) is 0.155. The van der Waals surface area contributed by atoms with Gasteiger partial charge in [-0.15, -0.1) is 0 Å². The zero-order valence-corrected chi connectivity index (χ0v) is 26.4. The van der Waals surface area contributed by atoms with Crippen molar-refractivity contribution >= 4 is 29.0 Å². The van der Waals surface area contributed by atoms with Gasteiger partial charge in [-0.1, -0.05) is 61.5 Å². The first kappa shape index (κ1) is 33.6. The van der Waals surface area contributed by atoms with Crippen LogP contribution in [0.25, 0.3) is 22.2 Å². The Bertz CT molecular complexity index is 1570. The number of methoxy groups -OCH3 is 3. The Morgan fingerprint density at radius 1 is 0.864 bits per heavy atom. The largest absolute Gasteiger partial charge is 0.493 e. The van der Waals surface area contributed by atoms with E-state index in [-0.39, 0.29) is 0 Å². The summed E-state index contributed by atoms with van der Waals surface area (Å²) in [5, 5.41) is 6.39. The molecule has 4 N–H and O–H groups in total. The summed E-state index contributed by atoms with van der Waals surface area (Å²) in [6.07, 6.45) is 1.92. The molecule has 0 aliphatic rings. The molecule has 5 aromatic rings. The van der Waals surface area contributed by atoms with E-state index in [1.165, 1.54) is 16.7 Å². The minimum atomic E-state index is 0.524. The van der Waals surface area contributed by atoms with Crippen molar-refractivity contribution in [2.75, 3.05) is 40.2 Å². The van der Waals surface area contributed by atoms with E-state index in [0.717, 1.165) is 42.5 Å². The summed E-state index contributed by atoms with van der Waals surface area (Å²) in [5.41, 5.74) is 11.9. The van der Waals surface area contributed by atoms with E-state index < -0.39 is 0 Å². The third-order valence-corrected chi connectivity index (χ3v) is 6.69. The molecule has 44 heavy (non-hydrogen) atoms. The van der Waals surface area contributed by atoms with Gasteiger partial charge in [0.1, 0.15) is 6.29 Å². The van der Waals surface area contributed by atoms with Crippen LogP contribution in [-0.2, 0) is 13.6 Å². The summed E-state index contributed by atoms with van der Waals surface area (Å²) in [4.78, 5) is 15.5. The minimum absolute atomic E-state index is 0.524. The Morgan fingerprint density at radius 2 is 1.48 bits per heavy atom. The van der Waals surface area contributed by atoms with E-state index in [2.05, 4.69) is 71.1 Å². The van der Waals surface area contributed by atoms with E-state index in [0.29, 0.717) is 28.8 Å². The fourth-order valence-electron chi connectivity index (χ4n) is 4.32. The van der Waals surface area contributed by atoms with Crippen LogP contribution in [-0.4, -0.2) is 50.8 Å². The summed E-state index contributed by atoms with van der Waals surface area (Å²) >= 11 is 0. The molecule has 0 unspecified atom stereocenters. The number of ether oxygens (including phenoxy) is 3. The van der Waals surface area contributed by atoms with Crippen LogP contribution in [0, 0.1) is 0 Å². The molecule has 0 fully saturated rings. The number of fused-ring (bicyclic) bond motifs is 1. The molecule has 5 rings (SSSR count). The smallest absolute Gasteiger partial charge is 0.208 e. The molecule has 0 bridgehead atoms. The molecule has 9 heteroatoms. The number of carbonyl (C=O) groups is 1. The van der Waals surface area contributed by atoms with Gasteiger partial charge in [-0.05, 0) is 54.9 Å². The van der Waals surface area contributed by atoms with Gasteiger partial charge < -0.3 is 35.1 Å². The fraction of sp³-hybridized carbons (Fsp3) is 0.257. The molecule has 0 atom stereocenters. The molecule has 232 valence electrons. The molecular formula is C35H43N5O4. The van der Waals surface area contributed by atoms with E-state index in [4.69, 9.17) is 19.9 Å². The van der Waals surface area contributed by atoms with E-state index in [1.807, 2.05) is 30.8 Å². The SMILES string of the molecule is CCCN.CNCc1ccc(-c2ccccc2)cc1.COc1cc(Nc2nc3ccc(C=O)cc3n2C)cc(OC)c1OC. The highest BCUT2D eigenvalue weighted by atomic mass is 16.5. The van der Waals surface area contributed by atoms with Crippen LogP contribution in [0.15, 0.2) is 84.9 Å². The summed E-state index contributed by atoms with van der Waals surface area (Å²) in [6, 6.07) is 28.1. The number of aldehydes is 1. The molecule has 9 nitrogen and oxygen atoms in total. The van der Waals surface area contributed by atoms with Gasteiger partial charge >= 0.3 is 0 Å². The highest BCUT2D eigenvalue weighted by Crippen LogP contribution is 2.40. The van der Waals surface area contributed by atoms with Gasteiger partial charge in [0.05, 0.1) is 32.4 Å². The maximum absolute atomic E-state index is 11.0. The zero-order valence-electron chi connectivity index (χ0n) is 26.4. The van der Waals surface area contributed by atoms with Crippen molar-refractivity contribution in [1.29, 1.82) is 0 Å². The van der Waals surface area contributed by atoms with Crippen LogP contribution >= 0.6 is 0 Å². The first-order valence-corrected chi connectivity index (χ1v) is 14.4. The maximum atomic E-state index is 11.0. The van der Waals surface area contributed by atoms with Crippen LogP contribution in [0.2, 0.25) is 0 Å². The number of carbonyl (C=O) groups excluding carboxylic acids is 1. The summed E-state index contributed by atoms with van der Waals surface area (Å²) in [6.45, 7) is 3.80. The van der Waals surface area contributed by atoms with Gasteiger partial charge in [0, 0.05) is 37.0 Å². The van der Waals surface area contributed by atoms with Crippen LogP contribution in [0.5, 0.6) is 17.2 Å². The molecule has 0 amide bonds. The van der Waals surface area contributed by atoms with Gasteiger partial charge in [0.15, 0.2) is 11.5 Å². The Hall–Kier alpha value is -4.86. The van der Waals surface area contributed by atoms with Crippen LogP contribution < -0.4 is 30.6 Å². The van der Waals surface area contributed by atoms with Crippen molar-refractivity contribution in [3.63, 3.8) is 0 Å². The van der Waals surface area contributed by atoms with Crippen LogP contribution in [0.4, 0.5) is 11.6 Å². The number of rotatable bonds is 10. The molecule has 0 saturated carbocycles. The molecule has 0 radical (unpaired) electrons. The number of nitrogens with one attached hydrogen (secondary N) is 2. The van der Waals surface area contributed by atoms with E-state index in [1.54, 1.807) is 45.6 Å². The monoisotopic (exact) mass is 597 g/mol. The predicted molar refractivity (Wildman–Crippen MR) is 179 cm³/mol. The second kappa shape index (κ2) is 17.3. The number of hydrogen-bond donors (Lipinski definition) is 3. The van der Waals surface area contributed by atoms with Crippen molar-refractivity contribution in [3.8, 4) is 28.4 Å². The van der Waals surface area contributed by atoms with Gasteiger partial charge in [0.25, 0.3) is 0 Å². The summed E-state index contributed by atoms with van der Waals surface area (Å²) < 4.78 is 17.9. The summed E-state index contributed by atoms with van der Waals surface area (Å²) in [5.74, 6) is 2.25. The summed E-state index contributed by atoms with van der Waals surface area (Å²) in [7, 11) is 8.53. The molecule has 4 aromatic carbocycles. The Balaban J connectivity index is 0.000000235.